The highest BCUT2D eigenvalue weighted by Crippen LogP contribution is 2.10. The Bertz CT molecular complexity index is 954. The van der Waals surface area contributed by atoms with Gasteiger partial charge in [0.15, 0.2) is 0 Å². The number of benzene rings is 2. The lowest BCUT2D eigenvalue weighted by atomic mass is 10.2. The molecule has 0 bridgehead atoms. The zero-order valence-corrected chi connectivity index (χ0v) is 18.4. The average Bonchev–Trinajstić information content (AvgIpc) is 2.74. The van der Waals surface area contributed by atoms with E-state index in [4.69, 9.17) is 4.74 Å². The van der Waals surface area contributed by atoms with Crippen LogP contribution in [-0.4, -0.2) is 42.5 Å². The van der Waals surface area contributed by atoms with Gasteiger partial charge in [-0.3, -0.25) is 14.4 Å². The quantitative estimate of drug-likeness (QED) is 0.501. The van der Waals surface area contributed by atoms with Crippen molar-refractivity contribution >= 4 is 29.5 Å². The van der Waals surface area contributed by atoms with Crippen LogP contribution in [0.3, 0.4) is 0 Å². The summed E-state index contributed by atoms with van der Waals surface area (Å²) >= 11 is 0. The third kappa shape index (κ3) is 9.29. The van der Waals surface area contributed by atoms with Crippen LogP contribution in [0.5, 0.6) is 0 Å². The van der Waals surface area contributed by atoms with Gasteiger partial charge in [0.2, 0.25) is 11.8 Å². The fraction of sp³-hybridized carbons (Fsp3) is 0.304. The van der Waals surface area contributed by atoms with E-state index >= 15 is 0 Å². The van der Waals surface area contributed by atoms with Crippen molar-refractivity contribution in [3.63, 3.8) is 0 Å². The monoisotopic (exact) mass is 440 g/mol. The van der Waals surface area contributed by atoms with Gasteiger partial charge in [-0.15, -0.1) is 0 Å². The highest BCUT2D eigenvalue weighted by molar-refractivity contribution is 5.99. The van der Waals surface area contributed by atoms with Crippen LogP contribution in [0.25, 0.3) is 0 Å². The maximum atomic E-state index is 12.1. The van der Waals surface area contributed by atoms with Crippen molar-refractivity contribution < 1.29 is 23.9 Å². The van der Waals surface area contributed by atoms with Gasteiger partial charge < -0.3 is 26.0 Å². The van der Waals surface area contributed by atoms with Crippen molar-refractivity contribution in [3.05, 3.63) is 65.7 Å². The predicted molar refractivity (Wildman–Crippen MR) is 120 cm³/mol. The van der Waals surface area contributed by atoms with Gasteiger partial charge >= 0.3 is 6.09 Å². The van der Waals surface area contributed by atoms with Gasteiger partial charge in [-0.1, -0.05) is 30.3 Å². The SMILES string of the molecule is CC(C)(C)OC(=O)NCC(=O)NCc1cccc(NC(=O)CNC(=O)c2ccccc2)c1. The number of hydrogen-bond donors (Lipinski definition) is 4. The van der Waals surface area contributed by atoms with E-state index in [1.807, 2.05) is 0 Å². The summed E-state index contributed by atoms with van der Waals surface area (Å²) in [6.07, 6.45) is -0.670. The Labute approximate surface area is 186 Å². The minimum atomic E-state index is -0.670. The van der Waals surface area contributed by atoms with E-state index in [0.29, 0.717) is 11.3 Å². The molecule has 4 amide bonds. The standard InChI is InChI=1S/C23H28N4O5/c1-23(2,3)32-22(31)26-14-19(28)24-13-16-8-7-11-18(12-16)27-20(29)15-25-21(30)17-9-5-4-6-10-17/h4-12H,13-15H2,1-3H3,(H,24,28)(H,25,30)(H,26,31)(H,27,29). The average molecular weight is 441 g/mol. The number of hydrogen-bond acceptors (Lipinski definition) is 5. The summed E-state index contributed by atoms with van der Waals surface area (Å²) in [6, 6.07) is 15.5. The first-order valence-corrected chi connectivity index (χ1v) is 10.1. The van der Waals surface area contributed by atoms with Gasteiger partial charge in [0, 0.05) is 17.8 Å². The summed E-state index contributed by atoms with van der Waals surface area (Å²) in [7, 11) is 0. The van der Waals surface area contributed by atoms with Crippen LogP contribution in [0.4, 0.5) is 10.5 Å². The Morgan fingerprint density at radius 2 is 1.50 bits per heavy atom. The van der Waals surface area contributed by atoms with Crippen molar-refractivity contribution in [2.45, 2.75) is 32.9 Å². The molecular weight excluding hydrogens is 412 g/mol. The van der Waals surface area contributed by atoms with E-state index in [9.17, 15) is 19.2 Å². The summed E-state index contributed by atoms with van der Waals surface area (Å²) < 4.78 is 5.07. The van der Waals surface area contributed by atoms with Crippen molar-refractivity contribution in [2.75, 3.05) is 18.4 Å². The molecule has 0 fully saturated rings. The second-order valence-electron chi connectivity index (χ2n) is 7.93. The van der Waals surface area contributed by atoms with Crippen LogP contribution in [0, 0.1) is 0 Å². The molecule has 0 heterocycles. The molecule has 0 unspecified atom stereocenters. The van der Waals surface area contributed by atoms with E-state index in [1.165, 1.54) is 0 Å². The van der Waals surface area contributed by atoms with E-state index in [0.717, 1.165) is 5.56 Å². The number of rotatable bonds is 8. The normalized spacial score (nSPS) is 10.6. The topological polar surface area (TPSA) is 126 Å². The molecule has 9 nitrogen and oxygen atoms in total. The van der Waals surface area contributed by atoms with Crippen molar-refractivity contribution in [1.29, 1.82) is 0 Å². The molecule has 2 rings (SSSR count). The fourth-order valence-corrected chi connectivity index (χ4v) is 2.55. The molecule has 0 aliphatic rings. The van der Waals surface area contributed by atoms with Crippen LogP contribution < -0.4 is 21.3 Å². The molecule has 9 heteroatoms. The number of ether oxygens (including phenoxy) is 1. The zero-order chi connectivity index (χ0) is 23.6. The fourth-order valence-electron chi connectivity index (χ4n) is 2.55. The molecule has 0 saturated heterocycles. The molecule has 0 aliphatic carbocycles. The molecule has 0 spiro atoms. The van der Waals surface area contributed by atoms with Gasteiger partial charge in [0.05, 0.1) is 6.54 Å². The maximum Gasteiger partial charge on any atom is 0.408 e. The van der Waals surface area contributed by atoms with Crippen molar-refractivity contribution in [2.24, 2.45) is 0 Å². The number of carbonyl (C=O) groups is 4. The first-order chi connectivity index (χ1) is 15.1. The highest BCUT2D eigenvalue weighted by Gasteiger charge is 2.16. The lowest BCUT2D eigenvalue weighted by Gasteiger charge is -2.19. The van der Waals surface area contributed by atoms with Gasteiger partial charge in [-0.25, -0.2) is 4.79 Å². The number of nitrogens with one attached hydrogen (secondary N) is 4. The third-order valence-corrected chi connectivity index (χ3v) is 3.94. The molecule has 170 valence electrons. The van der Waals surface area contributed by atoms with Crippen molar-refractivity contribution in [3.8, 4) is 0 Å². The summed E-state index contributed by atoms with van der Waals surface area (Å²) in [5.41, 5.74) is 1.11. The summed E-state index contributed by atoms with van der Waals surface area (Å²) in [6.45, 7) is 5.02. The van der Waals surface area contributed by atoms with E-state index in [-0.39, 0.29) is 37.4 Å². The Hall–Kier alpha value is -3.88. The second kappa shape index (κ2) is 11.5. The van der Waals surface area contributed by atoms with Crippen LogP contribution in [0.1, 0.15) is 36.7 Å². The molecule has 32 heavy (non-hydrogen) atoms. The maximum absolute atomic E-state index is 12.1. The Balaban J connectivity index is 1.75. The van der Waals surface area contributed by atoms with Gasteiger partial charge in [0.25, 0.3) is 5.91 Å². The zero-order valence-electron chi connectivity index (χ0n) is 18.4. The molecule has 4 N–H and O–H groups in total. The molecule has 0 aliphatic heterocycles. The van der Waals surface area contributed by atoms with E-state index in [2.05, 4.69) is 21.3 Å². The Morgan fingerprint density at radius 1 is 0.812 bits per heavy atom. The lowest BCUT2D eigenvalue weighted by molar-refractivity contribution is -0.120. The van der Waals surface area contributed by atoms with E-state index < -0.39 is 11.7 Å². The smallest absolute Gasteiger partial charge is 0.408 e. The number of amides is 4. The number of alkyl carbamates (subject to hydrolysis) is 1. The minimum absolute atomic E-state index is 0.176. The van der Waals surface area contributed by atoms with Gasteiger partial charge in [0.1, 0.15) is 12.1 Å². The van der Waals surface area contributed by atoms with Gasteiger partial charge in [-0.2, -0.15) is 0 Å². The van der Waals surface area contributed by atoms with Crippen LogP contribution in [0.2, 0.25) is 0 Å². The van der Waals surface area contributed by atoms with Gasteiger partial charge in [-0.05, 0) is 50.6 Å². The summed E-state index contributed by atoms with van der Waals surface area (Å²) in [5, 5.41) is 10.3. The van der Waals surface area contributed by atoms with Crippen LogP contribution in [-0.2, 0) is 20.9 Å². The van der Waals surface area contributed by atoms with Crippen LogP contribution in [0.15, 0.2) is 54.6 Å². The van der Waals surface area contributed by atoms with Crippen molar-refractivity contribution in [1.82, 2.24) is 16.0 Å². The summed E-state index contributed by atoms with van der Waals surface area (Å²) in [4.78, 5) is 47.6. The minimum Gasteiger partial charge on any atom is -0.444 e. The number of anilines is 1. The third-order valence-electron chi connectivity index (χ3n) is 3.94. The second-order valence-corrected chi connectivity index (χ2v) is 7.93. The lowest BCUT2D eigenvalue weighted by Crippen LogP contribution is -2.39. The highest BCUT2D eigenvalue weighted by atomic mass is 16.6. The molecule has 2 aromatic carbocycles. The molecule has 0 atom stereocenters. The molecule has 0 aromatic heterocycles. The predicted octanol–water partition coefficient (Wildman–Crippen LogP) is 2.20. The summed E-state index contributed by atoms with van der Waals surface area (Å²) in [5.74, 6) is -1.09. The largest absolute Gasteiger partial charge is 0.444 e. The molecule has 0 radical (unpaired) electrons. The molecular formula is C23H28N4O5. The first kappa shape index (κ1) is 24.4. The molecule has 2 aromatic rings. The number of carbonyl (C=O) groups excluding carboxylic acids is 4. The Morgan fingerprint density at radius 3 is 2.19 bits per heavy atom. The van der Waals surface area contributed by atoms with Crippen LogP contribution >= 0.6 is 0 Å². The Kier molecular flexibility index (Phi) is 8.76. The molecule has 0 saturated carbocycles. The first-order valence-electron chi connectivity index (χ1n) is 10.1. The van der Waals surface area contributed by atoms with E-state index in [1.54, 1.807) is 75.4 Å².